The van der Waals surface area contributed by atoms with Crippen LogP contribution in [0, 0.1) is 10.1 Å². The fraction of sp³-hybridized carbons (Fsp3) is 0.429. The summed E-state index contributed by atoms with van der Waals surface area (Å²) in [6, 6.07) is -0.0657. The minimum absolute atomic E-state index is 0.0657. The third-order valence-corrected chi connectivity index (χ3v) is 2.07. The lowest BCUT2D eigenvalue weighted by molar-refractivity contribution is -0.396. The summed E-state index contributed by atoms with van der Waals surface area (Å²) in [6.07, 6.45) is 2.58. The van der Waals surface area contributed by atoms with Gasteiger partial charge in [0.1, 0.15) is 0 Å². The van der Waals surface area contributed by atoms with E-state index in [9.17, 15) is 14.9 Å². The first kappa shape index (κ1) is 8.67. The highest BCUT2D eigenvalue weighted by Gasteiger charge is 2.37. The highest BCUT2D eigenvalue weighted by molar-refractivity contribution is 5.86. The zero-order chi connectivity index (χ0) is 10.3. The topological polar surface area (TPSA) is 98.3 Å². The van der Waals surface area contributed by atoms with Gasteiger partial charge in [-0.05, 0) is 17.8 Å². The maximum Gasteiger partial charge on any atom is 0.435 e. The molecule has 1 N–H and O–H groups in total. The average molecular weight is 197 g/mol. The summed E-state index contributed by atoms with van der Waals surface area (Å²) < 4.78 is 1.18. The lowest BCUT2D eigenvalue weighted by Crippen LogP contribution is -2.09. The quantitative estimate of drug-likeness (QED) is 0.571. The van der Waals surface area contributed by atoms with Crippen molar-refractivity contribution in [3.05, 3.63) is 22.0 Å². The molecule has 0 saturated heterocycles. The van der Waals surface area contributed by atoms with Gasteiger partial charge >= 0.3 is 11.9 Å². The first-order chi connectivity index (χ1) is 6.61. The number of hydrogen-bond donors (Lipinski definition) is 1. The first-order valence-electron chi connectivity index (χ1n) is 4.06. The van der Waals surface area contributed by atoms with Crippen LogP contribution < -0.4 is 0 Å². The molecule has 0 radical (unpaired) electrons. The van der Waals surface area contributed by atoms with Crippen LogP contribution in [0.5, 0.6) is 0 Å². The van der Waals surface area contributed by atoms with Crippen LogP contribution in [0.15, 0.2) is 6.20 Å². The zero-order valence-corrected chi connectivity index (χ0v) is 7.08. The summed E-state index contributed by atoms with van der Waals surface area (Å²) in [6.45, 7) is 0. The van der Waals surface area contributed by atoms with E-state index in [1.807, 2.05) is 0 Å². The zero-order valence-electron chi connectivity index (χ0n) is 7.08. The molecule has 0 aromatic carbocycles. The molecule has 1 fully saturated rings. The second kappa shape index (κ2) is 2.79. The van der Waals surface area contributed by atoms with Crippen molar-refractivity contribution in [2.45, 2.75) is 18.9 Å². The van der Waals surface area contributed by atoms with E-state index in [0.29, 0.717) is 0 Å². The minimum atomic E-state index is -1.18. The van der Waals surface area contributed by atoms with Gasteiger partial charge in [0.15, 0.2) is 6.20 Å². The molecule has 14 heavy (non-hydrogen) atoms. The van der Waals surface area contributed by atoms with Crippen molar-refractivity contribution in [2.75, 3.05) is 0 Å². The molecule has 7 heteroatoms. The van der Waals surface area contributed by atoms with Gasteiger partial charge in [0.05, 0.1) is 6.04 Å². The molecular weight excluding hydrogens is 190 g/mol. The van der Waals surface area contributed by atoms with Gasteiger partial charge in [0.25, 0.3) is 0 Å². The number of aromatic carboxylic acids is 1. The van der Waals surface area contributed by atoms with E-state index < -0.39 is 10.9 Å². The Labute approximate surface area is 78.1 Å². The lowest BCUT2D eigenvalue weighted by Gasteiger charge is -1.99. The smallest absolute Gasteiger partial charge is 0.435 e. The van der Waals surface area contributed by atoms with E-state index in [0.717, 1.165) is 19.0 Å². The van der Waals surface area contributed by atoms with Gasteiger partial charge in [0, 0.05) is 0 Å². The van der Waals surface area contributed by atoms with Gasteiger partial charge in [-0.25, -0.2) is 9.36 Å². The highest BCUT2D eigenvalue weighted by Crippen LogP contribution is 2.38. The molecule has 1 heterocycles. The third-order valence-electron chi connectivity index (χ3n) is 2.07. The molecule has 0 amide bonds. The van der Waals surface area contributed by atoms with Crippen molar-refractivity contribution in [3.63, 3.8) is 0 Å². The van der Waals surface area contributed by atoms with Crippen molar-refractivity contribution in [1.29, 1.82) is 0 Å². The van der Waals surface area contributed by atoms with Crippen molar-refractivity contribution in [1.82, 2.24) is 9.55 Å². The number of aromatic nitrogens is 2. The molecule has 1 aromatic rings. The summed E-state index contributed by atoms with van der Waals surface area (Å²) in [7, 11) is 0. The van der Waals surface area contributed by atoms with E-state index in [1.165, 1.54) is 4.57 Å². The van der Waals surface area contributed by atoms with Crippen LogP contribution in [0.2, 0.25) is 0 Å². The molecule has 7 nitrogen and oxygen atoms in total. The van der Waals surface area contributed by atoms with Crippen LogP contribution in [0.25, 0.3) is 0 Å². The number of imidazole rings is 1. The molecule has 0 unspecified atom stereocenters. The van der Waals surface area contributed by atoms with Crippen molar-refractivity contribution < 1.29 is 14.8 Å². The first-order valence-corrected chi connectivity index (χ1v) is 4.06. The van der Waals surface area contributed by atoms with E-state index in [2.05, 4.69) is 4.98 Å². The molecule has 0 spiro atoms. The Kier molecular flexibility index (Phi) is 1.73. The maximum atomic E-state index is 10.7. The van der Waals surface area contributed by atoms with Gasteiger partial charge in [-0.3, -0.25) is 0 Å². The summed E-state index contributed by atoms with van der Waals surface area (Å²) in [5.74, 6) is -1.57. The summed E-state index contributed by atoms with van der Waals surface area (Å²) in [5.41, 5.74) is -0.112. The molecule has 1 aliphatic carbocycles. The van der Waals surface area contributed by atoms with E-state index in [4.69, 9.17) is 5.11 Å². The molecule has 0 atom stereocenters. The molecule has 0 aliphatic heterocycles. The van der Waals surface area contributed by atoms with E-state index >= 15 is 0 Å². The largest absolute Gasteiger partial charge is 0.475 e. The number of nitrogens with zero attached hydrogens (tertiary/aromatic N) is 3. The molecular formula is C7H7N3O4. The SMILES string of the molecule is O=C(O)c1cnc([N+](=O)[O-])n1C1CC1. The fourth-order valence-corrected chi connectivity index (χ4v) is 1.34. The van der Waals surface area contributed by atoms with Gasteiger partial charge in [-0.2, -0.15) is 0 Å². The van der Waals surface area contributed by atoms with E-state index in [1.54, 1.807) is 0 Å². The number of rotatable bonds is 3. The molecule has 0 bridgehead atoms. The highest BCUT2D eigenvalue weighted by atomic mass is 16.6. The van der Waals surface area contributed by atoms with Crippen LogP contribution in [-0.4, -0.2) is 25.6 Å². The maximum absolute atomic E-state index is 10.7. The standard InChI is InChI=1S/C7H7N3O4/c11-6(12)5-3-8-7(10(13)14)9(5)4-1-2-4/h3-4H,1-2H2,(H,11,12). The Hall–Kier alpha value is -1.92. The Balaban J connectivity index is 2.52. The molecule has 1 aromatic heterocycles. The van der Waals surface area contributed by atoms with Crippen LogP contribution in [0.3, 0.4) is 0 Å². The summed E-state index contributed by atoms with van der Waals surface area (Å²) in [4.78, 5) is 24.0. The predicted octanol–water partition coefficient (Wildman–Crippen LogP) is 0.824. The third kappa shape index (κ3) is 1.22. The van der Waals surface area contributed by atoms with Crippen molar-refractivity contribution in [3.8, 4) is 0 Å². The summed E-state index contributed by atoms with van der Waals surface area (Å²) in [5, 5.41) is 19.3. The number of carbonyl (C=O) groups is 1. The molecule has 2 rings (SSSR count). The van der Waals surface area contributed by atoms with Crippen LogP contribution in [-0.2, 0) is 0 Å². The average Bonchev–Trinajstić information content (AvgIpc) is 2.83. The van der Waals surface area contributed by atoms with Crippen LogP contribution >= 0.6 is 0 Å². The van der Waals surface area contributed by atoms with Gasteiger partial charge in [-0.1, -0.05) is 4.98 Å². The number of nitro groups is 1. The number of hydrogen-bond acceptors (Lipinski definition) is 4. The van der Waals surface area contributed by atoms with E-state index in [-0.39, 0.29) is 17.7 Å². The Bertz CT molecular complexity index is 376. The second-order valence-corrected chi connectivity index (χ2v) is 3.11. The van der Waals surface area contributed by atoms with Gasteiger partial charge in [0.2, 0.25) is 5.69 Å². The monoisotopic (exact) mass is 197 g/mol. The van der Waals surface area contributed by atoms with Gasteiger partial charge < -0.3 is 15.2 Å². The van der Waals surface area contributed by atoms with Crippen molar-refractivity contribution in [2.24, 2.45) is 0 Å². The summed E-state index contributed by atoms with van der Waals surface area (Å²) >= 11 is 0. The van der Waals surface area contributed by atoms with Crippen LogP contribution in [0.4, 0.5) is 5.95 Å². The number of carboxylic acids is 1. The number of carboxylic acid groups (broad SMARTS) is 1. The molecule has 1 aliphatic rings. The Morgan fingerprint density at radius 1 is 1.71 bits per heavy atom. The minimum Gasteiger partial charge on any atom is -0.475 e. The Morgan fingerprint density at radius 3 is 2.79 bits per heavy atom. The Morgan fingerprint density at radius 2 is 2.36 bits per heavy atom. The molecule has 1 saturated carbocycles. The molecule has 74 valence electrons. The van der Waals surface area contributed by atoms with Crippen LogP contribution in [0.1, 0.15) is 29.4 Å². The predicted molar refractivity (Wildman–Crippen MR) is 44.1 cm³/mol. The second-order valence-electron chi connectivity index (χ2n) is 3.11. The van der Waals surface area contributed by atoms with Crippen molar-refractivity contribution >= 4 is 11.9 Å². The normalized spacial score (nSPS) is 15.4. The lowest BCUT2D eigenvalue weighted by atomic mass is 10.4. The van der Waals surface area contributed by atoms with Gasteiger partial charge in [-0.15, -0.1) is 0 Å². The fourth-order valence-electron chi connectivity index (χ4n) is 1.34.